The van der Waals surface area contributed by atoms with Crippen LogP contribution in [0.1, 0.15) is 75.7 Å². The van der Waals surface area contributed by atoms with Gasteiger partial charge in [-0.2, -0.15) is 4.98 Å². The number of fused-ring (bicyclic) bond motifs is 1. The van der Waals surface area contributed by atoms with Gasteiger partial charge in [0.2, 0.25) is 5.88 Å². The maximum absolute atomic E-state index is 11.1. The third-order valence-corrected chi connectivity index (χ3v) is 6.47. The monoisotopic (exact) mass is 452 g/mol. The Kier molecular flexibility index (Phi) is 6.28. The van der Waals surface area contributed by atoms with Crippen molar-refractivity contribution < 1.29 is 19.4 Å². The predicted octanol–water partition coefficient (Wildman–Crippen LogP) is 4.81. The molecule has 1 aliphatic heterocycles. The predicted molar refractivity (Wildman–Crippen MR) is 127 cm³/mol. The lowest BCUT2D eigenvalue weighted by Crippen LogP contribution is -2.41. The second-order valence-electron chi connectivity index (χ2n) is 9.38. The van der Waals surface area contributed by atoms with Gasteiger partial charge >= 0.3 is 5.97 Å². The summed E-state index contributed by atoms with van der Waals surface area (Å²) in [6.07, 6.45) is 4.04. The first kappa shape index (κ1) is 23.0. The maximum atomic E-state index is 11.1. The average molecular weight is 453 g/mol. The van der Waals surface area contributed by atoms with Gasteiger partial charge in [0.05, 0.1) is 12.3 Å². The van der Waals surface area contributed by atoms with Gasteiger partial charge in [0.15, 0.2) is 11.5 Å². The van der Waals surface area contributed by atoms with E-state index in [1.54, 1.807) is 6.92 Å². The molecule has 33 heavy (non-hydrogen) atoms. The molecule has 1 aromatic carbocycles. The van der Waals surface area contributed by atoms with E-state index in [0.29, 0.717) is 35.7 Å². The smallest absolute Gasteiger partial charge is 0.303 e. The Morgan fingerprint density at radius 3 is 2.64 bits per heavy atom. The molecule has 0 bridgehead atoms. The van der Waals surface area contributed by atoms with E-state index in [4.69, 9.17) is 25.3 Å². The Bertz CT molecular complexity index is 1090. The van der Waals surface area contributed by atoms with Crippen molar-refractivity contribution in [2.45, 2.75) is 71.3 Å². The Balaban J connectivity index is 1.66. The fourth-order valence-corrected chi connectivity index (χ4v) is 4.91. The van der Waals surface area contributed by atoms with Crippen LogP contribution < -0.4 is 15.2 Å². The molecular weight excluding hydrogens is 420 g/mol. The SMILES string of the molecule is CCOc1cc(C2=Nc3c(N)nc(C)nc3OC2(C)C)ccc1C1CCC(CC(=O)O)CC1. The molecule has 1 aliphatic carbocycles. The Morgan fingerprint density at radius 1 is 1.24 bits per heavy atom. The molecule has 2 heterocycles. The number of aliphatic carboxylic acids is 1. The van der Waals surface area contributed by atoms with E-state index >= 15 is 0 Å². The zero-order valence-electron chi connectivity index (χ0n) is 19.7. The van der Waals surface area contributed by atoms with Crippen LogP contribution in [0, 0.1) is 12.8 Å². The number of carbonyl (C=O) groups is 1. The summed E-state index contributed by atoms with van der Waals surface area (Å²) in [5, 5.41) is 9.09. The lowest BCUT2D eigenvalue weighted by atomic mass is 9.77. The highest BCUT2D eigenvalue weighted by Gasteiger charge is 2.36. The fourth-order valence-electron chi connectivity index (χ4n) is 4.91. The van der Waals surface area contributed by atoms with Gasteiger partial charge in [0.25, 0.3) is 0 Å². The van der Waals surface area contributed by atoms with Crippen LogP contribution in [0.4, 0.5) is 11.5 Å². The molecule has 0 spiro atoms. The first-order valence-corrected chi connectivity index (χ1v) is 11.6. The van der Waals surface area contributed by atoms with Gasteiger partial charge in [0.1, 0.15) is 17.2 Å². The molecule has 0 unspecified atom stereocenters. The molecule has 8 heteroatoms. The third kappa shape index (κ3) is 4.79. The number of rotatable bonds is 6. The summed E-state index contributed by atoms with van der Waals surface area (Å²) in [6.45, 7) is 8.22. The number of carboxylic acid groups (broad SMARTS) is 1. The van der Waals surface area contributed by atoms with Crippen molar-refractivity contribution >= 4 is 23.2 Å². The molecule has 1 aromatic heterocycles. The lowest BCUT2D eigenvalue weighted by Gasteiger charge is -2.33. The van der Waals surface area contributed by atoms with Gasteiger partial charge < -0.3 is 20.3 Å². The highest BCUT2D eigenvalue weighted by atomic mass is 16.5. The van der Waals surface area contributed by atoms with Crippen LogP contribution in [0.5, 0.6) is 11.6 Å². The van der Waals surface area contributed by atoms with Crippen molar-refractivity contribution in [2.75, 3.05) is 12.3 Å². The quantitative estimate of drug-likeness (QED) is 0.645. The van der Waals surface area contributed by atoms with E-state index < -0.39 is 11.6 Å². The summed E-state index contributed by atoms with van der Waals surface area (Å²) in [4.78, 5) is 24.5. The zero-order chi connectivity index (χ0) is 23.8. The normalized spacial score (nSPS) is 21.5. The summed E-state index contributed by atoms with van der Waals surface area (Å²) < 4.78 is 12.2. The van der Waals surface area contributed by atoms with Crippen LogP contribution in [-0.4, -0.2) is 39.0 Å². The van der Waals surface area contributed by atoms with Crippen LogP contribution in [0.15, 0.2) is 23.2 Å². The van der Waals surface area contributed by atoms with Crippen molar-refractivity contribution in [1.82, 2.24) is 9.97 Å². The van der Waals surface area contributed by atoms with E-state index in [0.717, 1.165) is 42.7 Å². The Labute approximate surface area is 194 Å². The van der Waals surface area contributed by atoms with Gasteiger partial charge in [-0.05, 0) is 76.8 Å². The summed E-state index contributed by atoms with van der Waals surface area (Å²) in [6, 6.07) is 6.20. The van der Waals surface area contributed by atoms with E-state index in [-0.39, 0.29) is 12.3 Å². The number of aryl methyl sites for hydroxylation is 1. The lowest BCUT2D eigenvalue weighted by molar-refractivity contribution is -0.138. The van der Waals surface area contributed by atoms with Crippen molar-refractivity contribution in [1.29, 1.82) is 0 Å². The summed E-state index contributed by atoms with van der Waals surface area (Å²) in [5.41, 5.74) is 8.67. The summed E-state index contributed by atoms with van der Waals surface area (Å²) in [7, 11) is 0. The topological polar surface area (TPSA) is 120 Å². The maximum Gasteiger partial charge on any atom is 0.303 e. The zero-order valence-corrected chi connectivity index (χ0v) is 19.7. The van der Waals surface area contributed by atoms with Gasteiger partial charge in [-0.3, -0.25) is 4.79 Å². The molecule has 0 amide bonds. The minimum Gasteiger partial charge on any atom is -0.494 e. The molecule has 2 aliphatic rings. The molecule has 0 radical (unpaired) electrons. The van der Waals surface area contributed by atoms with Crippen molar-refractivity contribution in [3.63, 3.8) is 0 Å². The number of anilines is 1. The van der Waals surface area contributed by atoms with Crippen molar-refractivity contribution in [3.8, 4) is 11.6 Å². The van der Waals surface area contributed by atoms with E-state index in [2.05, 4.69) is 22.1 Å². The van der Waals surface area contributed by atoms with Crippen molar-refractivity contribution in [3.05, 3.63) is 35.2 Å². The first-order chi connectivity index (χ1) is 15.7. The summed E-state index contributed by atoms with van der Waals surface area (Å²) in [5.74, 6) is 1.99. The molecule has 0 atom stereocenters. The molecule has 8 nitrogen and oxygen atoms in total. The number of aromatic nitrogens is 2. The highest BCUT2D eigenvalue weighted by molar-refractivity contribution is 6.09. The summed E-state index contributed by atoms with van der Waals surface area (Å²) >= 11 is 0. The molecule has 176 valence electrons. The number of nitrogens with zero attached hydrogens (tertiary/aromatic N) is 3. The Hall–Kier alpha value is -3.16. The second-order valence-corrected chi connectivity index (χ2v) is 9.38. The van der Waals surface area contributed by atoms with Gasteiger partial charge in [-0.15, -0.1) is 0 Å². The standard InChI is InChI=1S/C25H32N4O4/c1-5-32-19-13-17(10-11-18(19)16-8-6-15(7-9-16)12-20(30)31)22-25(3,4)33-24-21(29-22)23(26)27-14(2)28-24/h10-11,13,15-16H,5-9,12H2,1-4H3,(H,30,31)(H2,26,27,28). The number of nitrogen functional groups attached to an aromatic ring is 1. The van der Waals surface area contributed by atoms with E-state index in [9.17, 15) is 4.79 Å². The van der Waals surface area contributed by atoms with Gasteiger partial charge in [-0.1, -0.05) is 12.1 Å². The number of carboxylic acids is 1. The van der Waals surface area contributed by atoms with E-state index in [1.807, 2.05) is 26.8 Å². The van der Waals surface area contributed by atoms with E-state index in [1.165, 1.54) is 5.56 Å². The molecule has 4 rings (SSSR count). The molecule has 0 saturated heterocycles. The van der Waals surface area contributed by atoms with Crippen LogP contribution in [0.25, 0.3) is 0 Å². The first-order valence-electron chi connectivity index (χ1n) is 11.6. The average Bonchev–Trinajstić information content (AvgIpc) is 2.73. The number of aliphatic imine (C=N–C) groups is 1. The number of benzene rings is 1. The largest absolute Gasteiger partial charge is 0.494 e. The highest BCUT2D eigenvalue weighted by Crippen LogP contribution is 2.43. The van der Waals surface area contributed by atoms with Crippen LogP contribution in [-0.2, 0) is 4.79 Å². The fraction of sp³-hybridized carbons (Fsp3) is 0.520. The number of hydrogen-bond donors (Lipinski definition) is 2. The second kappa shape index (κ2) is 9.00. The molecule has 1 fully saturated rings. The number of nitrogens with two attached hydrogens (primary N) is 1. The molecule has 2 aromatic rings. The number of ether oxygens (including phenoxy) is 2. The van der Waals surface area contributed by atoms with Gasteiger partial charge in [-0.25, -0.2) is 9.98 Å². The van der Waals surface area contributed by atoms with Crippen LogP contribution >= 0.6 is 0 Å². The minimum absolute atomic E-state index is 0.257. The Morgan fingerprint density at radius 2 is 1.97 bits per heavy atom. The minimum atomic E-state index is -0.710. The molecule has 3 N–H and O–H groups in total. The van der Waals surface area contributed by atoms with Crippen LogP contribution in [0.2, 0.25) is 0 Å². The van der Waals surface area contributed by atoms with Crippen LogP contribution in [0.3, 0.4) is 0 Å². The van der Waals surface area contributed by atoms with Crippen molar-refractivity contribution in [2.24, 2.45) is 10.9 Å². The molecule has 1 saturated carbocycles. The third-order valence-electron chi connectivity index (χ3n) is 6.47. The van der Waals surface area contributed by atoms with Gasteiger partial charge in [0, 0.05) is 12.0 Å². The number of hydrogen-bond acceptors (Lipinski definition) is 7. The molecular formula is C25H32N4O4.